The van der Waals surface area contributed by atoms with Crippen molar-refractivity contribution < 1.29 is 9.59 Å². The van der Waals surface area contributed by atoms with Crippen LogP contribution < -0.4 is 10.2 Å². The van der Waals surface area contributed by atoms with Gasteiger partial charge in [-0.2, -0.15) is 5.10 Å². The number of aryl methyl sites for hydroxylation is 2. The van der Waals surface area contributed by atoms with Gasteiger partial charge in [0.25, 0.3) is 5.91 Å². The van der Waals surface area contributed by atoms with Gasteiger partial charge in [0.1, 0.15) is 11.2 Å². The van der Waals surface area contributed by atoms with E-state index in [-0.39, 0.29) is 23.8 Å². The van der Waals surface area contributed by atoms with E-state index < -0.39 is 5.54 Å². The number of anilines is 1. The molecule has 0 saturated heterocycles. The van der Waals surface area contributed by atoms with Crippen LogP contribution in [0, 0.1) is 13.8 Å². The van der Waals surface area contributed by atoms with Crippen LogP contribution in [-0.2, 0) is 11.3 Å². The lowest BCUT2D eigenvalue weighted by molar-refractivity contribution is -0.127. The van der Waals surface area contributed by atoms with E-state index in [1.54, 1.807) is 9.58 Å². The lowest BCUT2D eigenvalue weighted by Crippen LogP contribution is -2.65. The molecule has 1 aliphatic heterocycles. The molecular weight excluding hydrogens is 412 g/mol. The predicted octanol–water partition coefficient (Wildman–Crippen LogP) is 5.27. The van der Waals surface area contributed by atoms with Gasteiger partial charge in [0, 0.05) is 11.7 Å². The van der Waals surface area contributed by atoms with Crippen molar-refractivity contribution in [3.8, 4) is 0 Å². The highest BCUT2D eigenvalue weighted by molar-refractivity contribution is 6.12. The van der Waals surface area contributed by atoms with E-state index in [1.807, 2.05) is 45.0 Å². The van der Waals surface area contributed by atoms with Gasteiger partial charge in [0.05, 0.1) is 12.2 Å². The minimum atomic E-state index is -1.06. The topological polar surface area (TPSA) is 67.2 Å². The van der Waals surface area contributed by atoms with Crippen molar-refractivity contribution in [3.05, 3.63) is 46.8 Å². The van der Waals surface area contributed by atoms with Crippen LogP contribution in [0.1, 0.15) is 98.9 Å². The minimum absolute atomic E-state index is 0.0884. The molecule has 1 aromatic heterocycles. The van der Waals surface area contributed by atoms with Crippen molar-refractivity contribution in [2.24, 2.45) is 0 Å². The first-order valence-corrected chi connectivity index (χ1v) is 12.5. The predicted molar refractivity (Wildman–Crippen MR) is 132 cm³/mol. The summed E-state index contributed by atoms with van der Waals surface area (Å²) in [5.74, 6) is -0.0423. The number of carbonyl (C=O) groups is 2. The van der Waals surface area contributed by atoms with Crippen LogP contribution in [0.5, 0.6) is 0 Å². The largest absolute Gasteiger partial charge is 0.351 e. The summed E-state index contributed by atoms with van der Waals surface area (Å²) in [4.78, 5) is 29.6. The van der Waals surface area contributed by atoms with Crippen molar-refractivity contribution in [1.82, 2.24) is 15.1 Å². The summed E-state index contributed by atoms with van der Waals surface area (Å²) >= 11 is 0. The molecule has 178 valence electrons. The van der Waals surface area contributed by atoms with Gasteiger partial charge in [0.2, 0.25) is 5.91 Å². The molecule has 1 atom stereocenters. The third kappa shape index (κ3) is 4.57. The molecule has 0 radical (unpaired) electrons. The second kappa shape index (κ2) is 9.32. The monoisotopic (exact) mass is 450 g/mol. The zero-order valence-electron chi connectivity index (χ0n) is 20.8. The number of carbonyl (C=O) groups excluding carboxylic acids is 2. The van der Waals surface area contributed by atoms with E-state index in [1.165, 1.54) is 19.3 Å². The fourth-order valence-corrected chi connectivity index (χ4v) is 5.16. The maximum atomic E-state index is 13.9. The quantitative estimate of drug-likeness (QED) is 0.690. The zero-order chi connectivity index (χ0) is 23.8. The maximum Gasteiger partial charge on any atom is 0.277 e. The summed E-state index contributed by atoms with van der Waals surface area (Å²) in [7, 11) is 0. The highest BCUT2D eigenvalue weighted by Crippen LogP contribution is 2.36. The molecule has 2 aromatic rings. The molecule has 2 heterocycles. The molecule has 2 amide bonds. The Hall–Kier alpha value is -2.63. The second-order valence-electron chi connectivity index (χ2n) is 10.5. The van der Waals surface area contributed by atoms with Crippen molar-refractivity contribution in [1.29, 1.82) is 0 Å². The van der Waals surface area contributed by atoms with E-state index in [9.17, 15) is 9.59 Å². The normalized spacial score (nSPS) is 22.1. The van der Waals surface area contributed by atoms with Crippen LogP contribution in [0.15, 0.2) is 24.3 Å². The standard InChI is InChI=1S/C27H38N4O2/c1-18(2)22-16-24-25(32)31(23-15-19(3)13-14-20(23)4)27(5,17-30(24)29-22)26(33)28-21-11-9-7-6-8-10-12-21/h13-16,18,21H,6-12,17H2,1-5H3,(H,28,33)/t27-/m1/s1. The number of hydrogen-bond donors (Lipinski definition) is 1. The van der Waals surface area contributed by atoms with Crippen LogP contribution in [0.4, 0.5) is 5.69 Å². The Kier molecular flexibility index (Phi) is 6.64. The third-order valence-electron chi connectivity index (χ3n) is 7.30. The number of rotatable bonds is 4. The average Bonchev–Trinajstić information content (AvgIpc) is 3.16. The number of aromatic nitrogens is 2. The van der Waals surface area contributed by atoms with Crippen molar-refractivity contribution >= 4 is 17.5 Å². The van der Waals surface area contributed by atoms with Crippen LogP contribution in [-0.4, -0.2) is 33.2 Å². The lowest BCUT2D eigenvalue weighted by atomic mass is 9.91. The Morgan fingerprint density at radius 3 is 2.42 bits per heavy atom. The molecule has 0 unspecified atom stereocenters. The molecule has 2 aliphatic rings. The number of nitrogens with one attached hydrogen (secondary N) is 1. The summed E-state index contributed by atoms with van der Waals surface area (Å²) < 4.78 is 1.75. The molecule has 4 rings (SSSR count). The van der Waals surface area contributed by atoms with Crippen molar-refractivity contribution in [2.45, 2.75) is 104 Å². The van der Waals surface area contributed by atoms with Crippen LogP contribution in [0.2, 0.25) is 0 Å². The minimum Gasteiger partial charge on any atom is -0.351 e. The van der Waals surface area contributed by atoms with Gasteiger partial charge in [-0.3, -0.25) is 19.2 Å². The van der Waals surface area contributed by atoms with Gasteiger partial charge >= 0.3 is 0 Å². The molecule has 0 spiro atoms. The number of benzene rings is 1. The van der Waals surface area contributed by atoms with Crippen molar-refractivity contribution in [2.75, 3.05) is 4.90 Å². The van der Waals surface area contributed by atoms with Gasteiger partial charge in [-0.25, -0.2) is 0 Å². The average molecular weight is 451 g/mol. The Morgan fingerprint density at radius 2 is 1.76 bits per heavy atom. The third-order valence-corrected chi connectivity index (χ3v) is 7.30. The summed E-state index contributed by atoms with van der Waals surface area (Å²) in [5.41, 5.74) is 3.21. The Labute approximate surface area is 197 Å². The number of fused-ring (bicyclic) bond motifs is 1. The first-order chi connectivity index (χ1) is 15.7. The summed E-state index contributed by atoms with van der Waals surface area (Å²) in [6.07, 6.45) is 8.03. The van der Waals surface area contributed by atoms with Crippen LogP contribution in [0.3, 0.4) is 0 Å². The van der Waals surface area contributed by atoms with E-state index in [0.29, 0.717) is 12.2 Å². The fourth-order valence-electron chi connectivity index (χ4n) is 5.16. The molecule has 6 nitrogen and oxygen atoms in total. The summed E-state index contributed by atoms with van der Waals surface area (Å²) in [6, 6.07) is 8.13. The lowest BCUT2D eigenvalue weighted by Gasteiger charge is -2.44. The van der Waals surface area contributed by atoms with Crippen LogP contribution >= 0.6 is 0 Å². The van der Waals surface area contributed by atoms with E-state index in [2.05, 4.69) is 19.2 Å². The molecule has 0 bridgehead atoms. The summed E-state index contributed by atoms with van der Waals surface area (Å²) in [5, 5.41) is 8.05. The highest BCUT2D eigenvalue weighted by atomic mass is 16.2. The SMILES string of the molecule is Cc1ccc(C)c(N2C(=O)c3cc(C(C)C)nn3C[C@]2(C)C(=O)NC2CCCCCCC2)c1. The van der Waals surface area contributed by atoms with Gasteiger partial charge in [-0.1, -0.05) is 58.1 Å². The van der Waals surface area contributed by atoms with Gasteiger partial charge in [-0.15, -0.1) is 0 Å². The van der Waals surface area contributed by atoms with E-state index >= 15 is 0 Å². The van der Waals surface area contributed by atoms with Gasteiger partial charge < -0.3 is 5.32 Å². The number of nitrogens with zero attached hydrogens (tertiary/aromatic N) is 3. The highest BCUT2D eigenvalue weighted by Gasteiger charge is 2.49. The maximum absolute atomic E-state index is 13.9. The molecule has 1 aromatic carbocycles. The molecule has 1 fully saturated rings. The molecule has 1 N–H and O–H groups in total. The van der Waals surface area contributed by atoms with E-state index in [4.69, 9.17) is 5.10 Å². The Balaban J connectivity index is 1.75. The summed E-state index contributed by atoms with van der Waals surface area (Å²) in [6.45, 7) is 10.4. The van der Waals surface area contributed by atoms with Crippen molar-refractivity contribution in [3.63, 3.8) is 0 Å². The Morgan fingerprint density at radius 1 is 1.09 bits per heavy atom. The fraction of sp³-hybridized carbons (Fsp3) is 0.593. The zero-order valence-corrected chi connectivity index (χ0v) is 20.8. The Bertz CT molecular complexity index is 1030. The molecular formula is C27H38N4O2. The second-order valence-corrected chi connectivity index (χ2v) is 10.5. The first-order valence-electron chi connectivity index (χ1n) is 12.5. The molecule has 6 heteroatoms. The van der Waals surface area contributed by atoms with Gasteiger partial charge in [-0.05, 0) is 62.8 Å². The first kappa shape index (κ1) is 23.5. The smallest absolute Gasteiger partial charge is 0.277 e. The van der Waals surface area contributed by atoms with Gasteiger partial charge in [0.15, 0.2) is 0 Å². The molecule has 1 aliphatic carbocycles. The molecule has 1 saturated carbocycles. The number of amides is 2. The van der Waals surface area contributed by atoms with Crippen LogP contribution in [0.25, 0.3) is 0 Å². The van der Waals surface area contributed by atoms with E-state index in [0.717, 1.165) is 48.2 Å². The number of hydrogen-bond acceptors (Lipinski definition) is 3. The molecule has 33 heavy (non-hydrogen) atoms.